The number of aromatic hydroxyl groups is 1. The Balaban J connectivity index is 0.000000249. The normalized spacial score (nSPS) is 22.7. The maximum atomic E-state index is 13.5. The molecule has 0 saturated carbocycles. The molecule has 2 heterocycles. The van der Waals surface area contributed by atoms with E-state index in [1.165, 1.54) is 45.6 Å². The predicted octanol–water partition coefficient (Wildman–Crippen LogP) is 16.5. The van der Waals surface area contributed by atoms with Gasteiger partial charge >= 0.3 is 0 Å². The summed E-state index contributed by atoms with van der Waals surface area (Å²) in [5.41, 5.74) is -3.34. The van der Waals surface area contributed by atoms with Crippen LogP contribution >= 0.6 is 0 Å². The number of nitrogens with zero attached hydrogens (tertiary/aromatic N) is 3. The smallest absolute Gasteiger partial charge is 0.226 e. The highest BCUT2D eigenvalue weighted by atomic mass is 16.7. The fourth-order valence-electron chi connectivity index (χ4n) is 14.4. The molecular formula is C86H105N3O17. The number of phenolic OH excluding ortho intramolecular Hbond substituents is 1. The Morgan fingerprint density at radius 2 is 0.783 bits per heavy atom. The Kier molecular flexibility index (Phi) is 26.7. The number of Topliss-reactive ketones (excluding diaryl/α,β-unsaturated/α-hetero) is 3. The van der Waals surface area contributed by atoms with Crippen LogP contribution in [-0.2, 0) is 57.2 Å². The lowest BCUT2D eigenvalue weighted by Gasteiger charge is -2.41. The minimum Gasteiger partial charge on any atom is -0.504 e. The first-order valence-corrected chi connectivity index (χ1v) is 35.0. The molecule has 0 spiro atoms. The van der Waals surface area contributed by atoms with Gasteiger partial charge in [-0.2, -0.15) is 0 Å². The number of hydrogen-bond acceptors (Lipinski definition) is 17. The van der Waals surface area contributed by atoms with Gasteiger partial charge in [0.05, 0.1) is 90.8 Å². The van der Waals surface area contributed by atoms with Crippen molar-refractivity contribution in [2.24, 2.45) is 48.7 Å². The third kappa shape index (κ3) is 18.5. The number of rotatable bonds is 24. The van der Waals surface area contributed by atoms with E-state index in [0.717, 1.165) is 28.0 Å². The van der Waals surface area contributed by atoms with E-state index in [2.05, 4.69) is 14.5 Å². The Morgan fingerprint density at radius 1 is 0.453 bits per heavy atom. The van der Waals surface area contributed by atoms with Gasteiger partial charge in [-0.15, -0.1) is 0 Å². The van der Waals surface area contributed by atoms with Gasteiger partial charge in [0.2, 0.25) is 28.7 Å². The lowest BCUT2D eigenvalue weighted by atomic mass is 9.66. The van der Waals surface area contributed by atoms with Gasteiger partial charge in [0.1, 0.15) is 5.75 Å². The molecule has 3 aromatic carbocycles. The van der Waals surface area contributed by atoms with Crippen molar-refractivity contribution in [2.75, 3.05) is 69.1 Å². The highest BCUT2D eigenvalue weighted by Crippen LogP contribution is 2.50. The maximum Gasteiger partial charge on any atom is 0.226 e. The summed E-state index contributed by atoms with van der Waals surface area (Å²) in [5.74, 6) is -2.66. The third-order valence-electron chi connectivity index (χ3n) is 20.6. The summed E-state index contributed by atoms with van der Waals surface area (Å²) in [5, 5.41) is 9.84. The summed E-state index contributed by atoms with van der Waals surface area (Å²) in [6.45, 7) is 52.9. The number of benzene rings is 3. The number of methoxy groups -OCH3 is 6. The molecule has 0 amide bonds. The van der Waals surface area contributed by atoms with Crippen LogP contribution < -0.4 is 18.9 Å². The summed E-state index contributed by atoms with van der Waals surface area (Å²) >= 11 is 0. The van der Waals surface area contributed by atoms with Gasteiger partial charge in [-0.3, -0.25) is 14.4 Å². The van der Waals surface area contributed by atoms with Crippen molar-refractivity contribution in [3.63, 3.8) is 0 Å². The van der Waals surface area contributed by atoms with Crippen LogP contribution in [0.4, 0.5) is 0 Å². The summed E-state index contributed by atoms with van der Waals surface area (Å²) in [6.07, 6.45) is 27.0. The molecule has 0 aromatic heterocycles. The lowest BCUT2D eigenvalue weighted by Crippen LogP contribution is -2.50. The Labute approximate surface area is 626 Å². The average Bonchev–Trinajstić information content (AvgIpc) is 1.67. The van der Waals surface area contributed by atoms with E-state index in [4.69, 9.17) is 67.1 Å². The topological polar surface area (TPSA) is 228 Å². The van der Waals surface area contributed by atoms with Crippen molar-refractivity contribution in [3.05, 3.63) is 201 Å². The van der Waals surface area contributed by atoms with Gasteiger partial charge in [-0.05, 0) is 173 Å². The molecule has 566 valence electrons. The van der Waals surface area contributed by atoms with E-state index in [-0.39, 0.29) is 57.5 Å². The highest BCUT2D eigenvalue weighted by Gasteiger charge is 2.55. The zero-order chi connectivity index (χ0) is 79.5. The molecule has 0 unspecified atom stereocenters. The Bertz CT molecular complexity index is 4110. The van der Waals surface area contributed by atoms with Crippen molar-refractivity contribution in [1.82, 2.24) is 0 Å². The SMILES string of the molecule is [C-]#[N+]C1=C[C@](C)(/C=C/C(=O)C(C)(C)C(/C=C/c2ccc(C)c(OC)c2)(OC)OC)CC(C)(C)C1=O.[C-]#[N+]C1=C[C@](C)(/C=C/C(=O)C(C)(C)C2(/C=C/c3ccc(O)c(OC)c3)OCCO2)CC(C)(C)C1=O.[C-]#[N+]C1=C[C@](C)(/C=C/C(=O)C(C)(C)C2(/C=C/c3ccc(OC)c(OC)c3)OCCO2)CC(C)(C)C1=O. The monoisotopic (exact) mass is 1450 g/mol. The van der Waals surface area contributed by atoms with Crippen LogP contribution in [0.3, 0.4) is 0 Å². The number of carbonyl (C=O) groups excluding carboxylic acids is 6. The number of ether oxygens (including phenoxy) is 10. The number of carbonyl (C=O) groups is 6. The molecule has 1 N–H and O–H groups in total. The average molecular weight is 1450 g/mol. The summed E-state index contributed by atoms with van der Waals surface area (Å²) in [6, 6.07) is 16.3. The fourth-order valence-corrected chi connectivity index (χ4v) is 14.4. The number of ketones is 6. The molecule has 3 aromatic rings. The molecule has 8 rings (SSSR count). The first-order valence-electron chi connectivity index (χ1n) is 35.0. The molecular weight excluding hydrogens is 1350 g/mol. The van der Waals surface area contributed by atoms with E-state index in [1.807, 2.05) is 118 Å². The second-order valence-electron chi connectivity index (χ2n) is 31.7. The molecule has 2 aliphatic heterocycles. The van der Waals surface area contributed by atoms with Crippen molar-refractivity contribution in [3.8, 4) is 28.7 Å². The molecule has 0 radical (unpaired) electrons. The van der Waals surface area contributed by atoms with Crippen LogP contribution in [0.1, 0.15) is 145 Å². The molecule has 2 saturated heterocycles. The third-order valence-corrected chi connectivity index (χ3v) is 20.6. The molecule has 5 aliphatic rings. The molecule has 2 fully saturated rings. The van der Waals surface area contributed by atoms with Gasteiger partial charge in [0.15, 0.2) is 63.5 Å². The van der Waals surface area contributed by atoms with E-state index in [1.54, 1.807) is 136 Å². The van der Waals surface area contributed by atoms with E-state index < -0.39 is 66.1 Å². The number of phenols is 1. The fraction of sp³-hybridized carbons (Fsp3) is 0.477. The Hall–Kier alpha value is -9.43. The van der Waals surface area contributed by atoms with Crippen molar-refractivity contribution >= 4 is 52.9 Å². The van der Waals surface area contributed by atoms with E-state index in [0.29, 0.717) is 62.9 Å². The van der Waals surface area contributed by atoms with Crippen molar-refractivity contribution < 1.29 is 81.2 Å². The Morgan fingerprint density at radius 3 is 1.14 bits per heavy atom. The van der Waals surface area contributed by atoms with E-state index >= 15 is 0 Å². The van der Waals surface area contributed by atoms with Crippen LogP contribution in [0.25, 0.3) is 32.8 Å². The van der Waals surface area contributed by atoms with Crippen LogP contribution in [0.2, 0.25) is 0 Å². The molecule has 0 bridgehead atoms. The van der Waals surface area contributed by atoms with Gasteiger partial charge in [0, 0.05) is 30.5 Å². The molecule has 3 aliphatic carbocycles. The summed E-state index contributed by atoms with van der Waals surface area (Å²) < 4.78 is 56.9. The second kappa shape index (κ2) is 33.2. The largest absolute Gasteiger partial charge is 0.504 e. The molecule has 20 nitrogen and oxygen atoms in total. The highest BCUT2D eigenvalue weighted by molar-refractivity contribution is 6.04. The quantitative estimate of drug-likeness (QED) is 0.0499. The maximum absolute atomic E-state index is 13.5. The number of hydrogen-bond donors (Lipinski definition) is 1. The second-order valence-corrected chi connectivity index (χ2v) is 31.7. The first-order chi connectivity index (χ1) is 49.3. The van der Waals surface area contributed by atoms with Crippen LogP contribution in [-0.4, -0.2) is 126 Å². The minimum absolute atomic E-state index is 0.0323. The number of aryl methyl sites for hydroxylation is 1. The van der Waals surface area contributed by atoms with E-state index in [9.17, 15) is 33.9 Å². The van der Waals surface area contributed by atoms with Gasteiger partial charge in [0.25, 0.3) is 0 Å². The number of allylic oxidation sites excluding steroid dienone is 12. The molecule has 3 atom stereocenters. The van der Waals surface area contributed by atoms with Crippen LogP contribution in [0, 0.1) is 75.4 Å². The van der Waals surface area contributed by atoms with Gasteiger partial charge in [-0.1, -0.05) is 141 Å². The van der Waals surface area contributed by atoms with Crippen LogP contribution in [0.5, 0.6) is 28.7 Å². The zero-order valence-electron chi connectivity index (χ0n) is 65.6. The summed E-state index contributed by atoms with van der Waals surface area (Å²) in [4.78, 5) is 88.3. The summed E-state index contributed by atoms with van der Waals surface area (Å²) in [7, 11) is 9.26. The van der Waals surface area contributed by atoms with Gasteiger partial charge < -0.3 is 66.9 Å². The zero-order valence-corrected chi connectivity index (χ0v) is 65.6. The van der Waals surface area contributed by atoms with Crippen LogP contribution in [0.15, 0.2) is 145 Å². The first kappa shape index (κ1) is 85.5. The lowest BCUT2D eigenvalue weighted by molar-refractivity contribution is -0.227. The van der Waals surface area contributed by atoms with Gasteiger partial charge in [-0.25, -0.2) is 14.5 Å². The molecule has 20 heteroatoms. The minimum atomic E-state index is -1.34. The predicted molar refractivity (Wildman–Crippen MR) is 407 cm³/mol. The van der Waals surface area contributed by atoms with Crippen molar-refractivity contribution in [2.45, 2.75) is 147 Å². The molecule has 106 heavy (non-hydrogen) atoms. The standard InChI is InChI=1S/C29H35NO6.C29H37NO5.C28H33NO6/c1-26(2)19-28(5,18-21(30-6)25(26)32)13-12-24(31)27(3,4)29(35-15-16-36-29)14-11-20-9-10-22(33-7)23(17-20)34-8;1-20-11-12-21(17-23(20)33-8)13-16-29(34-9,35-10)27(4,5)24(31)14-15-28(6)18-22(30-7)25(32)26(2,3)19-28;1-25(2)18-27(5,17-20(29-6)24(25)32)12-11-23(31)26(3,4)28(34-14-15-35-28)13-10-19-8-9-21(30)22(16-19)33-7/h9-14,17-18H,15-16,19H2,1-5,7-8H3;11-18H,19H2,1-6,8-10H3;8-13,16-17,30H,14-15,18H2,1-5,7H3/b13-12+,14-11+;15-14+,16-13+;12-11+,13-10+/t2*28-;27-/m000/s1. The van der Waals surface area contributed by atoms with Crippen molar-refractivity contribution in [1.29, 1.82) is 0 Å².